The molecule has 0 bridgehead atoms. The van der Waals surface area contributed by atoms with E-state index >= 15 is 0 Å². The Hall–Kier alpha value is -0.350. The third-order valence-electron chi connectivity index (χ3n) is 1.88. The van der Waals surface area contributed by atoms with E-state index in [0.29, 0.717) is 0 Å². The summed E-state index contributed by atoms with van der Waals surface area (Å²) in [5, 5.41) is 0.724. The van der Waals surface area contributed by atoms with Crippen molar-refractivity contribution >= 4 is 37.8 Å². The van der Waals surface area contributed by atoms with Crippen LogP contribution in [0, 0.1) is 0 Å². The summed E-state index contributed by atoms with van der Waals surface area (Å²) in [6.07, 6.45) is 0. The topological polar surface area (TPSA) is 26.3 Å². The van der Waals surface area contributed by atoms with Crippen LogP contribution in [0.5, 0.6) is 0 Å². The molecule has 76 valence electrons. The molecule has 0 heterocycles. The fourth-order valence-corrected chi connectivity index (χ4v) is 2.28. The smallest absolute Gasteiger partial charge is 0.324 e. The highest BCUT2D eigenvalue weighted by Gasteiger charge is 2.19. The third kappa shape index (κ3) is 2.58. The molecule has 0 aliphatic carbocycles. The minimum Gasteiger partial charge on any atom is -0.468 e. The highest BCUT2D eigenvalue weighted by molar-refractivity contribution is 9.09. The van der Waals surface area contributed by atoms with E-state index in [9.17, 15) is 4.79 Å². The van der Waals surface area contributed by atoms with E-state index in [2.05, 4.69) is 36.6 Å². The first-order chi connectivity index (χ1) is 6.70. The molecular weight excluding hydrogens is 312 g/mol. The first-order valence-corrected chi connectivity index (χ1v) is 6.10. The maximum absolute atomic E-state index is 11.3. The Balaban J connectivity index is 2.99. The van der Waals surface area contributed by atoms with Crippen LogP contribution in [0.1, 0.15) is 16.0 Å². The molecule has 0 fully saturated rings. The average Bonchev–Trinajstić information content (AvgIpc) is 2.26. The number of halogens is 2. The van der Waals surface area contributed by atoms with Crippen molar-refractivity contribution in [3.63, 3.8) is 0 Å². The van der Waals surface area contributed by atoms with Gasteiger partial charge in [0.2, 0.25) is 0 Å². The molecule has 0 saturated carbocycles. The predicted molar refractivity (Wildman–Crippen MR) is 62.8 cm³/mol. The molecule has 2 nitrogen and oxygen atoms in total. The van der Waals surface area contributed by atoms with Crippen molar-refractivity contribution in [1.82, 2.24) is 0 Å². The van der Waals surface area contributed by atoms with Gasteiger partial charge >= 0.3 is 5.97 Å². The van der Waals surface area contributed by atoms with Gasteiger partial charge in [0.25, 0.3) is 0 Å². The summed E-state index contributed by atoms with van der Waals surface area (Å²) in [6, 6.07) is 7.73. The Morgan fingerprint density at radius 1 is 1.50 bits per heavy atom. The number of ether oxygens (including phenoxy) is 1. The first kappa shape index (κ1) is 11.7. The largest absolute Gasteiger partial charge is 0.468 e. The van der Waals surface area contributed by atoms with Crippen LogP contribution in [-0.4, -0.2) is 13.1 Å². The van der Waals surface area contributed by atoms with Crippen molar-refractivity contribution in [2.24, 2.45) is 0 Å². The second-order valence-corrected chi connectivity index (χ2v) is 4.19. The minimum absolute atomic E-state index is 0.279. The van der Waals surface area contributed by atoms with Crippen LogP contribution in [0.4, 0.5) is 0 Å². The number of carbonyl (C=O) groups is 1. The molecule has 0 N–H and O–H groups in total. The van der Waals surface area contributed by atoms with Crippen molar-refractivity contribution < 1.29 is 9.53 Å². The normalized spacial score (nSPS) is 12.2. The van der Waals surface area contributed by atoms with Gasteiger partial charge in [-0.3, -0.25) is 4.79 Å². The summed E-state index contributed by atoms with van der Waals surface area (Å²) in [5.41, 5.74) is 2.02. The van der Waals surface area contributed by atoms with Gasteiger partial charge in [0.15, 0.2) is 0 Å². The Labute approximate surface area is 99.9 Å². The Morgan fingerprint density at radius 2 is 2.14 bits per heavy atom. The Kier molecular flexibility index (Phi) is 4.62. The molecular formula is C10H10Br2O2. The van der Waals surface area contributed by atoms with Crippen LogP contribution in [0.3, 0.4) is 0 Å². The van der Waals surface area contributed by atoms with Crippen molar-refractivity contribution in [2.45, 2.75) is 10.2 Å². The van der Waals surface area contributed by atoms with Gasteiger partial charge in [-0.15, -0.1) is 0 Å². The molecule has 0 spiro atoms. The molecule has 1 atom stereocenters. The highest BCUT2D eigenvalue weighted by Crippen LogP contribution is 2.28. The molecule has 1 aromatic carbocycles. The van der Waals surface area contributed by atoms with Crippen LogP contribution in [0.2, 0.25) is 0 Å². The SMILES string of the molecule is COC(=O)C(Br)c1ccccc1CBr. The molecule has 4 heteroatoms. The molecule has 0 radical (unpaired) electrons. The number of benzene rings is 1. The number of esters is 1. The Bertz CT molecular complexity index is 326. The fourth-order valence-electron chi connectivity index (χ4n) is 1.13. The van der Waals surface area contributed by atoms with Gasteiger partial charge < -0.3 is 4.74 Å². The third-order valence-corrected chi connectivity index (χ3v) is 3.35. The summed E-state index contributed by atoms with van der Waals surface area (Å²) in [7, 11) is 1.38. The summed E-state index contributed by atoms with van der Waals surface area (Å²) in [5.74, 6) is -0.279. The number of methoxy groups -OCH3 is 1. The van der Waals surface area contributed by atoms with Crippen LogP contribution in [0.15, 0.2) is 24.3 Å². The van der Waals surface area contributed by atoms with E-state index < -0.39 is 0 Å². The second-order valence-electron chi connectivity index (χ2n) is 2.72. The second kappa shape index (κ2) is 5.51. The van der Waals surface area contributed by atoms with Crippen LogP contribution in [0.25, 0.3) is 0 Å². The van der Waals surface area contributed by atoms with Crippen molar-refractivity contribution in [3.05, 3.63) is 35.4 Å². The van der Waals surface area contributed by atoms with Crippen molar-refractivity contribution in [2.75, 3.05) is 7.11 Å². The molecule has 14 heavy (non-hydrogen) atoms. The lowest BCUT2D eigenvalue weighted by Gasteiger charge is -2.11. The van der Waals surface area contributed by atoms with Gasteiger partial charge in [-0.05, 0) is 11.1 Å². The fraction of sp³-hybridized carbons (Fsp3) is 0.300. The Morgan fingerprint density at radius 3 is 2.71 bits per heavy atom. The molecule has 0 aliphatic rings. The number of rotatable bonds is 3. The van der Waals surface area contributed by atoms with Gasteiger partial charge in [-0.2, -0.15) is 0 Å². The maximum Gasteiger partial charge on any atom is 0.324 e. The van der Waals surface area contributed by atoms with Crippen LogP contribution < -0.4 is 0 Å². The lowest BCUT2D eigenvalue weighted by molar-refractivity contribution is -0.139. The van der Waals surface area contributed by atoms with Gasteiger partial charge in [0.05, 0.1) is 7.11 Å². The minimum atomic E-state index is -0.388. The first-order valence-electron chi connectivity index (χ1n) is 4.06. The average molecular weight is 322 g/mol. The van der Waals surface area contributed by atoms with Crippen LogP contribution >= 0.6 is 31.9 Å². The summed E-state index contributed by atoms with van der Waals surface area (Å²) in [6.45, 7) is 0. The van der Waals surface area contributed by atoms with Gasteiger partial charge in [0.1, 0.15) is 4.83 Å². The molecule has 0 aromatic heterocycles. The van der Waals surface area contributed by atoms with Crippen molar-refractivity contribution in [3.8, 4) is 0 Å². The van der Waals surface area contributed by atoms with E-state index in [4.69, 9.17) is 0 Å². The van der Waals surface area contributed by atoms with Gasteiger partial charge in [-0.25, -0.2) is 0 Å². The number of alkyl halides is 2. The summed E-state index contributed by atoms with van der Waals surface area (Å²) in [4.78, 5) is 10.9. The van der Waals surface area contributed by atoms with E-state index in [0.717, 1.165) is 16.5 Å². The monoisotopic (exact) mass is 320 g/mol. The molecule has 0 saturated heterocycles. The van der Waals surface area contributed by atoms with E-state index in [1.807, 2.05) is 24.3 Å². The van der Waals surface area contributed by atoms with Gasteiger partial charge in [-0.1, -0.05) is 56.1 Å². The van der Waals surface area contributed by atoms with E-state index in [1.165, 1.54) is 7.11 Å². The molecule has 1 aromatic rings. The van der Waals surface area contributed by atoms with Crippen LogP contribution in [-0.2, 0) is 14.9 Å². The quantitative estimate of drug-likeness (QED) is 0.631. The highest BCUT2D eigenvalue weighted by atomic mass is 79.9. The molecule has 0 aliphatic heterocycles. The number of hydrogen-bond acceptors (Lipinski definition) is 2. The van der Waals surface area contributed by atoms with E-state index in [1.54, 1.807) is 0 Å². The zero-order chi connectivity index (χ0) is 10.6. The zero-order valence-electron chi connectivity index (χ0n) is 7.67. The zero-order valence-corrected chi connectivity index (χ0v) is 10.8. The predicted octanol–water partition coefficient (Wildman–Crippen LogP) is 3.19. The molecule has 0 amide bonds. The molecule has 1 rings (SSSR count). The standard InChI is InChI=1S/C10H10Br2O2/c1-14-10(13)9(12)8-5-3-2-4-7(8)6-11/h2-5,9H,6H2,1H3. The summed E-state index contributed by atoms with van der Waals surface area (Å²) < 4.78 is 4.66. The number of hydrogen-bond donors (Lipinski definition) is 0. The number of carbonyl (C=O) groups excluding carboxylic acids is 1. The van der Waals surface area contributed by atoms with E-state index in [-0.39, 0.29) is 10.8 Å². The van der Waals surface area contributed by atoms with Crippen molar-refractivity contribution in [1.29, 1.82) is 0 Å². The summed E-state index contributed by atoms with van der Waals surface area (Å²) >= 11 is 6.68. The lowest BCUT2D eigenvalue weighted by Crippen LogP contribution is -2.09. The lowest BCUT2D eigenvalue weighted by atomic mass is 10.1. The van der Waals surface area contributed by atoms with Gasteiger partial charge in [0, 0.05) is 5.33 Å². The molecule has 1 unspecified atom stereocenters. The maximum atomic E-state index is 11.3.